The van der Waals surface area contributed by atoms with Crippen molar-refractivity contribution in [2.24, 2.45) is 5.92 Å². The minimum atomic E-state index is 0.244. The highest BCUT2D eigenvalue weighted by molar-refractivity contribution is 7.11. The molecule has 1 atom stereocenters. The summed E-state index contributed by atoms with van der Waals surface area (Å²) in [4.78, 5) is 17.3. The highest BCUT2D eigenvalue weighted by Crippen LogP contribution is 2.27. The van der Waals surface area contributed by atoms with Gasteiger partial charge in [-0.2, -0.15) is 5.10 Å². The van der Waals surface area contributed by atoms with Crippen LogP contribution in [0.3, 0.4) is 0 Å². The second-order valence-electron chi connectivity index (χ2n) is 7.31. The van der Waals surface area contributed by atoms with Crippen LogP contribution in [0.4, 0.5) is 0 Å². The zero-order chi connectivity index (χ0) is 17.2. The third-order valence-electron chi connectivity index (χ3n) is 5.38. The molecule has 1 aliphatic carbocycles. The van der Waals surface area contributed by atoms with E-state index in [4.69, 9.17) is 0 Å². The van der Waals surface area contributed by atoms with Gasteiger partial charge in [-0.25, -0.2) is 0 Å². The predicted octanol–water partition coefficient (Wildman–Crippen LogP) is 3.12. The zero-order valence-corrected chi connectivity index (χ0v) is 15.6. The van der Waals surface area contributed by atoms with Crippen LogP contribution in [-0.4, -0.2) is 33.7 Å². The van der Waals surface area contributed by atoms with Crippen molar-refractivity contribution >= 4 is 17.2 Å². The molecule has 4 rings (SSSR count). The molecule has 6 heteroatoms. The van der Waals surface area contributed by atoms with Gasteiger partial charge in [-0.1, -0.05) is 6.42 Å². The Morgan fingerprint density at radius 2 is 2.24 bits per heavy atom. The zero-order valence-electron chi connectivity index (χ0n) is 14.8. The van der Waals surface area contributed by atoms with Gasteiger partial charge in [0.05, 0.1) is 11.7 Å². The van der Waals surface area contributed by atoms with Crippen molar-refractivity contribution < 1.29 is 4.79 Å². The van der Waals surface area contributed by atoms with Crippen LogP contribution in [-0.2, 0) is 17.9 Å². The van der Waals surface area contributed by atoms with Gasteiger partial charge in [0.1, 0.15) is 0 Å². The summed E-state index contributed by atoms with van der Waals surface area (Å²) >= 11 is 1.88. The fraction of sp³-hybridized carbons (Fsp3) is 0.579. The smallest absolute Gasteiger partial charge is 0.223 e. The van der Waals surface area contributed by atoms with Crippen LogP contribution in [0.1, 0.15) is 47.2 Å². The molecule has 25 heavy (non-hydrogen) atoms. The van der Waals surface area contributed by atoms with Crippen molar-refractivity contribution in [2.45, 2.75) is 51.7 Å². The normalized spacial score (nSPS) is 20.9. The number of rotatable bonds is 6. The molecule has 3 heterocycles. The van der Waals surface area contributed by atoms with Crippen LogP contribution in [0.25, 0.3) is 0 Å². The molecule has 2 aromatic heterocycles. The summed E-state index contributed by atoms with van der Waals surface area (Å²) in [5.74, 6) is 0.513. The van der Waals surface area contributed by atoms with Gasteiger partial charge >= 0.3 is 0 Å². The molecule has 1 saturated carbocycles. The van der Waals surface area contributed by atoms with E-state index in [1.54, 1.807) is 0 Å². The number of nitrogens with zero attached hydrogens (tertiary/aromatic N) is 3. The lowest BCUT2D eigenvalue weighted by Crippen LogP contribution is -2.40. The molecule has 2 aromatic rings. The number of nitrogens with one attached hydrogen (secondary N) is 1. The maximum atomic E-state index is 12.0. The van der Waals surface area contributed by atoms with Crippen molar-refractivity contribution in [3.63, 3.8) is 0 Å². The van der Waals surface area contributed by atoms with Gasteiger partial charge in [-0.15, -0.1) is 11.3 Å². The molecule has 1 unspecified atom stereocenters. The number of hydrogen-bond acceptors (Lipinski definition) is 4. The fourth-order valence-corrected chi connectivity index (χ4v) is 4.70. The second kappa shape index (κ2) is 7.30. The van der Waals surface area contributed by atoms with Crippen molar-refractivity contribution in [3.8, 4) is 0 Å². The highest BCUT2D eigenvalue weighted by atomic mass is 32.1. The van der Waals surface area contributed by atoms with E-state index in [1.807, 2.05) is 17.5 Å². The molecule has 2 aliphatic rings. The van der Waals surface area contributed by atoms with Gasteiger partial charge < -0.3 is 5.32 Å². The Hall–Kier alpha value is -1.66. The Morgan fingerprint density at radius 1 is 1.36 bits per heavy atom. The number of aryl methyl sites for hydroxylation is 1. The van der Waals surface area contributed by atoms with Gasteiger partial charge in [0, 0.05) is 48.0 Å². The summed E-state index contributed by atoms with van der Waals surface area (Å²) in [7, 11) is 0. The molecule has 0 saturated heterocycles. The first-order chi connectivity index (χ1) is 12.2. The first kappa shape index (κ1) is 16.8. The number of fused-ring (bicyclic) bond motifs is 1. The molecular formula is C19H26N4OS. The van der Waals surface area contributed by atoms with Crippen molar-refractivity contribution in [2.75, 3.05) is 13.1 Å². The van der Waals surface area contributed by atoms with Gasteiger partial charge in [0.2, 0.25) is 5.91 Å². The van der Waals surface area contributed by atoms with Crippen LogP contribution >= 0.6 is 11.3 Å². The van der Waals surface area contributed by atoms with Crippen LogP contribution in [0.15, 0.2) is 24.4 Å². The molecule has 1 fully saturated rings. The summed E-state index contributed by atoms with van der Waals surface area (Å²) < 4.78 is 2.16. The molecule has 1 amide bonds. The van der Waals surface area contributed by atoms with Crippen LogP contribution in [0, 0.1) is 12.8 Å². The fourth-order valence-electron chi connectivity index (χ4n) is 3.77. The molecule has 1 aliphatic heterocycles. The Bertz CT molecular complexity index is 733. The Morgan fingerprint density at radius 3 is 2.96 bits per heavy atom. The average Bonchev–Trinajstić information content (AvgIpc) is 3.14. The largest absolute Gasteiger partial charge is 0.356 e. The quantitative estimate of drug-likeness (QED) is 0.863. The van der Waals surface area contributed by atoms with Gasteiger partial charge in [0.15, 0.2) is 0 Å². The molecule has 5 nitrogen and oxygen atoms in total. The summed E-state index contributed by atoms with van der Waals surface area (Å²) in [5.41, 5.74) is 1.27. The maximum absolute atomic E-state index is 12.0. The minimum absolute atomic E-state index is 0.244. The summed E-state index contributed by atoms with van der Waals surface area (Å²) in [6.07, 6.45) is 6.16. The lowest BCUT2D eigenvalue weighted by Gasteiger charge is -2.34. The molecule has 0 spiro atoms. The third kappa shape index (κ3) is 3.80. The van der Waals surface area contributed by atoms with E-state index in [9.17, 15) is 4.79 Å². The standard InChI is InChI=1S/C19H26N4OS/c1-14-5-6-18(25-14)13-22-11-16(23-17(12-22)8-10-21-23)7-9-20-19(24)15-3-2-4-15/h5-6,8,10,15-16H,2-4,7,9,11-13H2,1H3,(H,20,24). The predicted molar refractivity (Wildman–Crippen MR) is 99.4 cm³/mol. The number of thiophene rings is 1. The van der Waals surface area contributed by atoms with Crippen LogP contribution in [0.2, 0.25) is 0 Å². The van der Waals surface area contributed by atoms with Crippen molar-refractivity contribution in [1.29, 1.82) is 0 Å². The highest BCUT2D eigenvalue weighted by Gasteiger charge is 2.27. The van der Waals surface area contributed by atoms with E-state index < -0.39 is 0 Å². The lowest BCUT2D eigenvalue weighted by atomic mass is 9.85. The van der Waals surface area contributed by atoms with E-state index in [2.05, 4.69) is 45.1 Å². The number of carbonyl (C=O) groups is 1. The number of hydrogen-bond donors (Lipinski definition) is 1. The lowest BCUT2D eigenvalue weighted by molar-refractivity contribution is -0.127. The number of carbonyl (C=O) groups excluding carboxylic acids is 1. The molecule has 0 radical (unpaired) electrons. The average molecular weight is 359 g/mol. The molecular weight excluding hydrogens is 332 g/mol. The van der Waals surface area contributed by atoms with E-state index in [0.29, 0.717) is 6.04 Å². The Kier molecular flexibility index (Phi) is 4.90. The van der Waals surface area contributed by atoms with E-state index >= 15 is 0 Å². The Labute approximate surface area is 153 Å². The van der Waals surface area contributed by atoms with Crippen molar-refractivity contribution in [1.82, 2.24) is 20.0 Å². The number of aromatic nitrogens is 2. The van der Waals surface area contributed by atoms with Crippen LogP contribution in [0.5, 0.6) is 0 Å². The third-order valence-corrected chi connectivity index (χ3v) is 6.37. The summed E-state index contributed by atoms with van der Waals surface area (Å²) in [6, 6.07) is 6.88. The van der Waals surface area contributed by atoms with Crippen molar-refractivity contribution in [3.05, 3.63) is 39.8 Å². The molecule has 0 aromatic carbocycles. The number of amides is 1. The molecule has 1 N–H and O–H groups in total. The molecule has 0 bridgehead atoms. The second-order valence-corrected chi connectivity index (χ2v) is 8.68. The maximum Gasteiger partial charge on any atom is 0.223 e. The topological polar surface area (TPSA) is 50.2 Å². The monoisotopic (exact) mass is 358 g/mol. The Balaban J connectivity index is 1.35. The summed E-state index contributed by atoms with van der Waals surface area (Å²) in [5, 5.41) is 7.65. The van der Waals surface area contributed by atoms with Gasteiger partial charge in [-0.3, -0.25) is 14.4 Å². The van der Waals surface area contributed by atoms with Crippen LogP contribution < -0.4 is 5.32 Å². The van der Waals surface area contributed by atoms with E-state index in [1.165, 1.54) is 21.9 Å². The minimum Gasteiger partial charge on any atom is -0.356 e. The molecule has 134 valence electrons. The summed E-state index contributed by atoms with van der Waals surface area (Å²) in [6.45, 7) is 5.83. The van der Waals surface area contributed by atoms with E-state index in [0.717, 1.165) is 45.4 Å². The van der Waals surface area contributed by atoms with E-state index in [-0.39, 0.29) is 11.8 Å². The van der Waals surface area contributed by atoms with Gasteiger partial charge in [-0.05, 0) is 44.4 Å². The first-order valence-electron chi connectivity index (χ1n) is 9.27. The first-order valence-corrected chi connectivity index (χ1v) is 10.1. The van der Waals surface area contributed by atoms with Gasteiger partial charge in [0.25, 0.3) is 0 Å². The SMILES string of the molecule is Cc1ccc(CN2Cc3ccnn3C(CCNC(=O)C3CCC3)C2)s1.